The molecule has 0 unspecified atom stereocenters. The Hall–Kier alpha value is -1.96. The molecule has 2 aromatic rings. The molecule has 7 nitrogen and oxygen atoms in total. The van der Waals surface area contributed by atoms with Crippen LogP contribution in [0, 0.1) is 6.92 Å². The summed E-state index contributed by atoms with van der Waals surface area (Å²) in [5, 5.41) is 14.6. The maximum atomic E-state index is 11.5. The van der Waals surface area contributed by atoms with Crippen molar-refractivity contribution in [1.29, 1.82) is 0 Å². The normalized spacial score (nSPS) is 18.5. The number of anilines is 1. The van der Waals surface area contributed by atoms with Gasteiger partial charge in [0, 0.05) is 11.7 Å². The third-order valence-corrected chi connectivity index (χ3v) is 5.46. The van der Waals surface area contributed by atoms with Gasteiger partial charge >= 0.3 is 0 Å². The average molecular weight is 307 g/mol. The number of sulfone groups is 1. The van der Waals surface area contributed by atoms with Crippen molar-refractivity contribution in [1.82, 2.24) is 20.2 Å². The van der Waals surface area contributed by atoms with E-state index >= 15 is 0 Å². The molecule has 0 amide bonds. The minimum absolute atomic E-state index is 0.191. The Labute approximate surface area is 123 Å². The highest BCUT2D eigenvalue weighted by atomic mass is 32.2. The number of benzene rings is 1. The van der Waals surface area contributed by atoms with E-state index in [0.29, 0.717) is 12.8 Å². The molecule has 0 atom stereocenters. The van der Waals surface area contributed by atoms with Crippen LogP contribution in [0.3, 0.4) is 0 Å². The van der Waals surface area contributed by atoms with Crippen LogP contribution in [-0.4, -0.2) is 46.2 Å². The quantitative estimate of drug-likeness (QED) is 0.908. The van der Waals surface area contributed by atoms with Gasteiger partial charge in [-0.25, -0.2) is 13.1 Å². The monoisotopic (exact) mass is 307 g/mol. The molecule has 3 rings (SSSR count). The first kappa shape index (κ1) is 14.0. The summed E-state index contributed by atoms with van der Waals surface area (Å²) in [7, 11) is -2.83. The zero-order valence-electron chi connectivity index (χ0n) is 11.7. The van der Waals surface area contributed by atoms with Crippen molar-refractivity contribution in [3.63, 3.8) is 0 Å². The Balaban J connectivity index is 1.78. The molecule has 21 heavy (non-hydrogen) atoms. The summed E-state index contributed by atoms with van der Waals surface area (Å²) in [5.41, 5.74) is 2.98. The van der Waals surface area contributed by atoms with Gasteiger partial charge in [-0.2, -0.15) is 0 Å². The highest BCUT2D eigenvalue weighted by Gasteiger charge is 2.23. The van der Waals surface area contributed by atoms with Gasteiger partial charge in [0.1, 0.15) is 16.2 Å². The van der Waals surface area contributed by atoms with E-state index in [1.165, 1.54) is 0 Å². The first-order valence-corrected chi connectivity index (χ1v) is 8.67. The van der Waals surface area contributed by atoms with Crippen LogP contribution in [0.25, 0.3) is 5.69 Å². The van der Waals surface area contributed by atoms with Crippen molar-refractivity contribution in [2.45, 2.75) is 25.8 Å². The Morgan fingerprint density at radius 1 is 1.29 bits per heavy atom. The lowest BCUT2D eigenvalue weighted by molar-refractivity contribution is 0.559. The van der Waals surface area contributed by atoms with Gasteiger partial charge in [-0.1, -0.05) is 6.07 Å². The van der Waals surface area contributed by atoms with Gasteiger partial charge in [-0.3, -0.25) is 0 Å². The van der Waals surface area contributed by atoms with Gasteiger partial charge in [0.15, 0.2) is 0 Å². The molecule has 1 saturated heterocycles. The number of nitrogens with one attached hydrogen (secondary N) is 1. The van der Waals surface area contributed by atoms with Gasteiger partial charge in [0.25, 0.3) is 0 Å². The van der Waals surface area contributed by atoms with E-state index < -0.39 is 9.84 Å². The number of aryl methyl sites for hydroxylation is 1. The second kappa shape index (κ2) is 5.44. The lowest BCUT2D eigenvalue weighted by Crippen LogP contribution is -2.32. The molecule has 1 aliphatic heterocycles. The minimum Gasteiger partial charge on any atom is -0.382 e. The molecule has 0 bridgehead atoms. The van der Waals surface area contributed by atoms with Crippen LogP contribution in [-0.2, 0) is 9.84 Å². The third kappa shape index (κ3) is 3.21. The summed E-state index contributed by atoms with van der Waals surface area (Å²) in [4.78, 5) is 0. The van der Waals surface area contributed by atoms with Gasteiger partial charge < -0.3 is 5.32 Å². The molecule has 1 aromatic carbocycles. The standard InChI is InChI=1S/C13H17N5O2S/c1-10-2-3-12(18-9-14-16-17-18)8-13(10)15-11-4-6-21(19,20)7-5-11/h2-3,8-9,11,15H,4-7H2,1H3. The predicted octanol–water partition coefficient (Wildman–Crippen LogP) is 0.960. The van der Waals surface area contributed by atoms with Crippen LogP contribution in [0.2, 0.25) is 0 Å². The first-order valence-electron chi connectivity index (χ1n) is 6.84. The second-order valence-corrected chi connectivity index (χ2v) is 7.63. The van der Waals surface area contributed by atoms with Crippen molar-refractivity contribution in [2.75, 3.05) is 16.8 Å². The van der Waals surface area contributed by atoms with Crippen molar-refractivity contribution in [2.24, 2.45) is 0 Å². The molecular formula is C13H17N5O2S. The number of tetrazole rings is 1. The maximum Gasteiger partial charge on any atom is 0.150 e. The van der Waals surface area contributed by atoms with Gasteiger partial charge in [0.2, 0.25) is 0 Å². The Morgan fingerprint density at radius 2 is 2.05 bits per heavy atom. The third-order valence-electron chi connectivity index (χ3n) is 3.75. The Bertz CT molecular complexity index is 713. The molecule has 1 fully saturated rings. The molecule has 2 heterocycles. The number of nitrogens with zero attached hydrogens (tertiary/aromatic N) is 4. The van der Waals surface area contributed by atoms with E-state index in [2.05, 4.69) is 20.8 Å². The summed E-state index contributed by atoms with van der Waals surface area (Å²) in [6.07, 6.45) is 2.84. The number of hydrogen-bond acceptors (Lipinski definition) is 6. The maximum absolute atomic E-state index is 11.5. The van der Waals surface area contributed by atoms with Crippen LogP contribution in [0.15, 0.2) is 24.5 Å². The summed E-state index contributed by atoms with van der Waals surface area (Å²) in [6, 6.07) is 6.12. The Kier molecular flexibility index (Phi) is 3.62. The van der Waals surface area contributed by atoms with E-state index in [9.17, 15) is 8.42 Å². The molecule has 1 aliphatic rings. The first-order chi connectivity index (χ1) is 10.0. The van der Waals surface area contributed by atoms with Gasteiger partial charge in [0.05, 0.1) is 17.2 Å². The van der Waals surface area contributed by atoms with Crippen molar-refractivity contribution in [3.8, 4) is 5.69 Å². The van der Waals surface area contributed by atoms with E-state index in [1.807, 2.05) is 25.1 Å². The topological polar surface area (TPSA) is 89.8 Å². The number of rotatable bonds is 3. The molecule has 8 heteroatoms. The van der Waals surface area contributed by atoms with Crippen LogP contribution in [0.5, 0.6) is 0 Å². The SMILES string of the molecule is Cc1ccc(-n2cnnn2)cc1NC1CCS(=O)(=O)CC1. The minimum atomic E-state index is -2.83. The summed E-state index contributed by atoms with van der Waals surface area (Å²) >= 11 is 0. The summed E-state index contributed by atoms with van der Waals surface area (Å²) < 4.78 is 24.5. The predicted molar refractivity (Wildman–Crippen MR) is 79.2 cm³/mol. The lowest BCUT2D eigenvalue weighted by Gasteiger charge is -2.25. The van der Waals surface area contributed by atoms with E-state index in [1.54, 1.807) is 11.0 Å². The van der Waals surface area contributed by atoms with Crippen molar-refractivity contribution >= 4 is 15.5 Å². The van der Waals surface area contributed by atoms with Crippen LogP contribution in [0.1, 0.15) is 18.4 Å². The second-order valence-electron chi connectivity index (χ2n) is 5.32. The zero-order chi connectivity index (χ0) is 14.9. The fraction of sp³-hybridized carbons (Fsp3) is 0.462. The molecule has 0 saturated carbocycles. The Morgan fingerprint density at radius 3 is 2.71 bits per heavy atom. The van der Waals surface area contributed by atoms with Crippen LogP contribution >= 0.6 is 0 Å². The smallest absolute Gasteiger partial charge is 0.150 e. The number of aromatic nitrogens is 4. The molecule has 1 aromatic heterocycles. The van der Waals surface area contributed by atoms with Crippen molar-refractivity contribution < 1.29 is 8.42 Å². The fourth-order valence-corrected chi connectivity index (χ4v) is 3.93. The number of hydrogen-bond donors (Lipinski definition) is 1. The van der Waals surface area contributed by atoms with Crippen LogP contribution in [0.4, 0.5) is 5.69 Å². The largest absolute Gasteiger partial charge is 0.382 e. The molecular weight excluding hydrogens is 290 g/mol. The molecule has 0 radical (unpaired) electrons. The molecule has 0 spiro atoms. The molecule has 0 aliphatic carbocycles. The average Bonchev–Trinajstić information content (AvgIpc) is 2.97. The zero-order valence-corrected chi connectivity index (χ0v) is 12.5. The summed E-state index contributed by atoms with van der Waals surface area (Å²) in [5.74, 6) is 0.521. The van der Waals surface area contributed by atoms with E-state index in [0.717, 1.165) is 16.9 Å². The van der Waals surface area contributed by atoms with Gasteiger partial charge in [-0.05, 0) is 47.9 Å². The lowest BCUT2D eigenvalue weighted by atomic mass is 10.1. The van der Waals surface area contributed by atoms with E-state index in [4.69, 9.17) is 0 Å². The summed E-state index contributed by atoms with van der Waals surface area (Å²) in [6.45, 7) is 2.02. The van der Waals surface area contributed by atoms with Crippen molar-refractivity contribution in [3.05, 3.63) is 30.1 Å². The van der Waals surface area contributed by atoms with Gasteiger partial charge in [-0.15, -0.1) is 5.10 Å². The molecule has 1 N–H and O–H groups in total. The highest BCUT2D eigenvalue weighted by molar-refractivity contribution is 7.91. The van der Waals surface area contributed by atoms with Crippen LogP contribution < -0.4 is 5.32 Å². The molecule has 112 valence electrons. The highest BCUT2D eigenvalue weighted by Crippen LogP contribution is 2.23. The van der Waals surface area contributed by atoms with E-state index in [-0.39, 0.29) is 17.5 Å². The fourth-order valence-electron chi connectivity index (χ4n) is 2.44.